The minimum absolute atomic E-state index is 0.583. The molecule has 1 heteroatoms. The molecule has 0 aromatic heterocycles. The fraction of sp³-hybridized carbons (Fsp3) is 0.889. The van der Waals surface area contributed by atoms with Crippen LogP contribution < -0.4 is 0 Å². The van der Waals surface area contributed by atoms with Crippen molar-refractivity contribution >= 4 is 0 Å². The van der Waals surface area contributed by atoms with E-state index in [1.54, 1.807) is 0 Å². The molecule has 1 fully saturated rings. The summed E-state index contributed by atoms with van der Waals surface area (Å²) in [6, 6.07) is 0. The monoisotopic (exact) mass is 266 g/mol. The van der Waals surface area contributed by atoms with Crippen molar-refractivity contribution in [3.05, 3.63) is 12.2 Å². The molecule has 0 saturated heterocycles. The minimum Gasteiger partial charge on any atom is -0.386 e. The molecule has 0 aromatic rings. The van der Waals surface area contributed by atoms with E-state index < -0.39 is 5.60 Å². The highest BCUT2D eigenvalue weighted by molar-refractivity contribution is 5.08. The molecule has 0 spiro atoms. The second-order valence-electron chi connectivity index (χ2n) is 6.55. The molecule has 0 aromatic carbocycles. The van der Waals surface area contributed by atoms with E-state index in [0.717, 1.165) is 31.3 Å². The standard InChI is InChI=1S/C18H34O/c1-17(2)18(19)15-13-11-9-7-5-3-4-6-8-10-12-14-16-18/h19H,1,3-16H2,2H3. The molecule has 0 unspecified atom stereocenters. The zero-order chi connectivity index (χ0) is 14.0. The largest absolute Gasteiger partial charge is 0.386 e. The zero-order valence-corrected chi connectivity index (χ0v) is 13.1. The molecule has 0 amide bonds. The van der Waals surface area contributed by atoms with Gasteiger partial charge in [0, 0.05) is 0 Å². The second-order valence-corrected chi connectivity index (χ2v) is 6.55. The van der Waals surface area contributed by atoms with Crippen molar-refractivity contribution in [3.63, 3.8) is 0 Å². The van der Waals surface area contributed by atoms with E-state index in [1.165, 1.54) is 64.2 Å². The van der Waals surface area contributed by atoms with Crippen molar-refractivity contribution in [3.8, 4) is 0 Å². The van der Waals surface area contributed by atoms with Gasteiger partial charge in [-0.15, -0.1) is 0 Å². The Hall–Kier alpha value is -0.300. The molecule has 1 aliphatic rings. The first kappa shape index (κ1) is 16.8. The van der Waals surface area contributed by atoms with Crippen molar-refractivity contribution < 1.29 is 5.11 Å². The first-order chi connectivity index (χ1) is 9.15. The first-order valence-electron chi connectivity index (χ1n) is 8.53. The lowest BCUT2D eigenvalue weighted by Gasteiger charge is -2.29. The van der Waals surface area contributed by atoms with Crippen LogP contribution in [0.3, 0.4) is 0 Å². The van der Waals surface area contributed by atoms with Crippen LogP contribution in [-0.4, -0.2) is 10.7 Å². The average Bonchev–Trinajstić information content (AvgIpc) is 2.39. The van der Waals surface area contributed by atoms with E-state index in [2.05, 4.69) is 6.58 Å². The summed E-state index contributed by atoms with van der Waals surface area (Å²) in [6.45, 7) is 6.01. The van der Waals surface area contributed by atoms with Crippen LogP contribution in [-0.2, 0) is 0 Å². The maximum Gasteiger partial charge on any atom is 0.0851 e. The summed E-state index contributed by atoms with van der Waals surface area (Å²) in [5.41, 5.74) is 0.386. The van der Waals surface area contributed by atoms with Gasteiger partial charge >= 0.3 is 0 Å². The van der Waals surface area contributed by atoms with Gasteiger partial charge in [0.05, 0.1) is 5.60 Å². The molecule has 0 atom stereocenters. The maximum absolute atomic E-state index is 10.7. The lowest BCUT2D eigenvalue weighted by molar-refractivity contribution is 0.0546. The van der Waals surface area contributed by atoms with Gasteiger partial charge in [-0.2, -0.15) is 0 Å². The fourth-order valence-electron chi connectivity index (χ4n) is 3.15. The molecule has 1 nitrogen and oxygen atoms in total. The first-order valence-corrected chi connectivity index (χ1v) is 8.53. The summed E-state index contributed by atoms with van der Waals surface area (Å²) in [5, 5.41) is 10.7. The van der Waals surface area contributed by atoms with Crippen molar-refractivity contribution in [1.82, 2.24) is 0 Å². The summed E-state index contributed by atoms with van der Waals surface area (Å²) >= 11 is 0. The summed E-state index contributed by atoms with van der Waals surface area (Å²) < 4.78 is 0. The lowest BCUT2D eigenvalue weighted by atomic mass is 9.84. The van der Waals surface area contributed by atoms with E-state index in [-0.39, 0.29) is 0 Å². The zero-order valence-electron chi connectivity index (χ0n) is 13.1. The van der Waals surface area contributed by atoms with Gasteiger partial charge in [-0.25, -0.2) is 0 Å². The van der Waals surface area contributed by atoms with Crippen LogP contribution in [0.4, 0.5) is 0 Å². The predicted molar refractivity (Wildman–Crippen MR) is 84.4 cm³/mol. The Morgan fingerprint density at radius 3 is 1.21 bits per heavy atom. The second kappa shape index (κ2) is 9.58. The Labute approximate surface area is 120 Å². The van der Waals surface area contributed by atoms with E-state index in [4.69, 9.17) is 0 Å². The third-order valence-corrected chi connectivity index (χ3v) is 4.73. The number of hydrogen-bond acceptors (Lipinski definition) is 1. The maximum atomic E-state index is 10.7. The molecule has 1 saturated carbocycles. The van der Waals surface area contributed by atoms with Crippen LogP contribution in [0.25, 0.3) is 0 Å². The summed E-state index contributed by atoms with van der Waals surface area (Å²) in [7, 11) is 0. The molecule has 0 radical (unpaired) electrons. The molecule has 0 bridgehead atoms. The van der Waals surface area contributed by atoms with Crippen LogP contribution >= 0.6 is 0 Å². The van der Waals surface area contributed by atoms with Crippen molar-refractivity contribution in [2.75, 3.05) is 0 Å². The highest BCUT2D eigenvalue weighted by atomic mass is 16.3. The Bertz CT molecular complexity index is 228. The third kappa shape index (κ3) is 7.15. The van der Waals surface area contributed by atoms with Gasteiger partial charge in [-0.1, -0.05) is 83.6 Å². The molecule has 0 aliphatic heterocycles. The van der Waals surface area contributed by atoms with E-state index >= 15 is 0 Å². The van der Waals surface area contributed by atoms with Crippen LogP contribution in [0.2, 0.25) is 0 Å². The predicted octanol–water partition coefficient (Wildman–Crippen LogP) is 5.77. The van der Waals surface area contributed by atoms with Gasteiger partial charge in [0.2, 0.25) is 0 Å². The Morgan fingerprint density at radius 2 is 0.947 bits per heavy atom. The minimum atomic E-state index is -0.583. The summed E-state index contributed by atoms with van der Waals surface area (Å²) in [6.07, 6.45) is 17.8. The molecule has 1 rings (SSSR count). The molecule has 19 heavy (non-hydrogen) atoms. The van der Waals surface area contributed by atoms with Gasteiger partial charge in [0.15, 0.2) is 0 Å². The normalized spacial score (nSPS) is 24.1. The molecule has 1 N–H and O–H groups in total. The lowest BCUT2D eigenvalue weighted by Crippen LogP contribution is -2.29. The molecular formula is C18H34O. The van der Waals surface area contributed by atoms with Crippen molar-refractivity contribution in [2.45, 2.75) is 102 Å². The number of rotatable bonds is 1. The van der Waals surface area contributed by atoms with Gasteiger partial charge < -0.3 is 5.11 Å². The van der Waals surface area contributed by atoms with Crippen LogP contribution in [0.5, 0.6) is 0 Å². The fourth-order valence-corrected chi connectivity index (χ4v) is 3.15. The van der Waals surface area contributed by atoms with E-state index in [1.807, 2.05) is 6.92 Å². The summed E-state index contributed by atoms with van der Waals surface area (Å²) in [5.74, 6) is 0. The Kier molecular flexibility index (Phi) is 8.45. The van der Waals surface area contributed by atoms with Crippen molar-refractivity contribution in [2.24, 2.45) is 0 Å². The Balaban J connectivity index is 2.40. The topological polar surface area (TPSA) is 20.2 Å². The van der Waals surface area contributed by atoms with E-state index in [9.17, 15) is 5.11 Å². The average molecular weight is 266 g/mol. The van der Waals surface area contributed by atoms with Crippen LogP contribution in [0.15, 0.2) is 12.2 Å². The van der Waals surface area contributed by atoms with Gasteiger partial charge in [0.1, 0.15) is 0 Å². The van der Waals surface area contributed by atoms with Crippen LogP contribution in [0, 0.1) is 0 Å². The Morgan fingerprint density at radius 1 is 0.684 bits per heavy atom. The highest BCUT2D eigenvalue weighted by Gasteiger charge is 2.26. The number of aliphatic hydroxyl groups is 1. The molecule has 112 valence electrons. The van der Waals surface area contributed by atoms with Gasteiger partial charge in [-0.05, 0) is 25.3 Å². The third-order valence-electron chi connectivity index (χ3n) is 4.73. The SMILES string of the molecule is C=C(C)C1(O)CCCCCCCCCCCCCC1. The van der Waals surface area contributed by atoms with Gasteiger partial charge in [0.25, 0.3) is 0 Å². The molecular weight excluding hydrogens is 232 g/mol. The van der Waals surface area contributed by atoms with Crippen molar-refractivity contribution in [1.29, 1.82) is 0 Å². The van der Waals surface area contributed by atoms with Gasteiger partial charge in [-0.3, -0.25) is 0 Å². The quantitative estimate of drug-likeness (QED) is 0.597. The molecule has 1 aliphatic carbocycles. The highest BCUT2D eigenvalue weighted by Crippen LogP contribution is 2.29. The molecule has 0 heterocycles. The smallest absolute Gasteiger partial charge is 0.0851 e. The van der Waals surface area contributed by atoms with E-state index in [0.29, 0.717) is 0 Å². The number of hydrogen-bond donors (Lipinski definition) is 1. The van der Waals surface area contributed by atoms with Crippen LogP contribution in [0.1, 0.15) is 96.8 Å². The summed E-state index contributed by atoms with van der Waals surface area (Å²) in [4.78, 5) is 0.